The molecule has 0 radical (unpaired) electrons. The Hall–Kier alpha value is 0.883. The van der Waals surface area contributed by atoms with E-state index in [0.717, 1.165) is 0 Å². The van der Waals surface area contributed by atoms with Gasteiger partial charge in [-0.05, 0) is 0 Å². The van der Waals surface area contributed by atoms with Crippen LogP contribution in [0.15, 0.2) is 0 Å². The Morgan fingerprint density at radius 3 is 0.714 bits per heavy atom. The van der Waals surface area contributed by atoms with Gasteiger partial charge < -0.3 is 28.7 Å². The summed E-state index contributed by atoms with van der Waals surface area (Å²) in [6, 6.07) is 0. The van der Waals surface area contributed by atoms with Gasteiger partial charge in [0.15, 0.2) is 0 Å². The molecule has 0 nitrogen and oxygen atoms in total. The van der Waals surface area contributed by atoms with E-state index >= 15 is 0 Å². The standard InChI is InChI=1S/2C2H5.2CH3.Zr/c2*1-2;;;/h2*1H2,2H3;2*1H3;/q4*-1;+4. The summed E-state index contributed by atoms with van der Waals surface area (Å²) < 4.78 is 0. The maximum Gasteiger partial charge on any atom is 4.00 e. The van der Waals surface area contributed by atoms with Crippen LogP contribution in [0.2, 0.25) is 0 Å². The molecule has 0 aliphatic rings. The first-order valence-electron chi connectivity index (χ1n) is 1.41. The molecule has 0 heterocycles. The zero-order valence-electron chi connectivity index (χ0n) is 5.91. The maximum atomic E-state index is 3.25. The van der Waals surface area contributed by atoms with Crippen LogP contribution in [0.25, 0.3) is 0 Å². The van der Waals surface area contributed by atoms with Gasteiger partial charge in [0.2, 0.25) is 0 Å². The van der Waals surface area contributed by atoms with Gasteiger partial charge in [0.25, 0.3) is 0 Å². The van der Waals surface area contributed by atoms with Gasteiger partial charge in [-0.2, -0.15) is 13.8 Å². The van der Waals surface area contributed by atoms with Gasteiger partial charge in [-0.25, -0.2) is 0 Å². The molecule has 0 saturated heterocycles. The van der Waals surface area contributed by atoms with E-state index in [-0.39, 0.29) is 41.1 Å². The molecule has 0 rings (SSSR count). The molecule has 0 aromatic heterocycles. The van der Waals surface area contributed by atoms with Crippen molar-refractivity contribution in [3.05, 3.63) is 28.7 Å². The van der Waals surface area contributed by atoms with Gasteiger partial charge >= 0.3 is 26.2 Å². The molecule has 7 heavy (non-hydrogen) atoms. The van der Waals surface area contributed by atoms with E-state index in [1.54, 1.807) is 13.8 Å². The Balaban J connectivity index is -0.00000000267. The Labute approximate surface area is 68.8 Å². The SMILES string of the molecule is [CH2-]C.[CH2-]C.[CH3-].[CH3-].[Zr+4]. The average Bonchev–Trinajstić information content (AvgIpc) is 1.50. The van der Waals surface area contributed by atoms with Crippen molar-refractivity contribution in [3.8, 4) is 0 Å². The van der Waals surface area contributed by atoms with Gasteiger partial charge in [0.1, 0.15) is 0 Å². The van der Waals surface area contributed by atoms with Crippen LogP contribution in [-0.2, 0) is 26.2 Å². The summed E-state index contributed by atoms with van der Waals surface area (Å²) in [5, 5.41) is 0. The third-order valence-electron chi connectivity index (χ3n) is 0. The Kier molecular flexibility index (Phi) is 1960. The van der Waals surface area contributed by atoms with Crippen molar-refractivity contribution in [1.82, 2.24) is 0 Å². The quantitative estimate of drug-likeness (QED) is 0.502. The normalized spacial score (nSPS) is 1.71. The molecule has 0 aliphatic heterocycles. The van der Waals surface area contributed by atoms with Gasteiger partial charge in [-0.3, -0.25) is 0 Å². The minimum Gasteiger partial charge on any atom is -0.358 e. The number of hydrogen-bond acceptors (Lipinski definition) is 0. The molecule has 0 amide bonds. The van der Waals surface area contributed by atoms with Crippen molar-refractivity contribution in [2.75, 3.05) is 0 Å². The molecule has 0 aliphatic carbocycles. The molecule has 0 N–H and O–H groups in total. The molecule has 44 valence electrons. The Morgan fingerprint density at radius 1 is 0.714 bits per heavy atom. The second kappa shape index (κ2) is 305. The van der Waals surface area contributed by atoms with Crippen LogP contribution in [0, 0.1) is 28.7 Å². The first kappa shape index (κ1) is 44.9. The van der Waals surface area contributed by atoms with E-state index in [4.69, 9.17) is 0 Å². The van der Waals surface area contributed by atoms with Gasteiger partial charge in [-0.1, -0.05) is 0 Å². The van der Waals surface area contributed by atoms with E-state index in [1.165, 1.54) is 0 Å². The summed E-state index contributed by atoms with van der Waals surface area (Å²) >= 11 is 0. The second-order valence-corrected chi connectivity index (χ2v) is 0. The second-order valence-electron chi connectivity index (χ2n) is 0. The third-order valence-corrected chi connectivity index (χ3v) is 0. The van der Waals surface area contributed by atoms with Crippen LogP contribution in [-0.4, -0.2) is 0 Å². The fourth-order valence-corrected chi connectivity index (χ4v) is 0. The van der Waals surface area contributed by atoms with Gasteiger partial charge in [0.05, 0.1) is 0 Å². The van der Waals surface area contributed by atoms with Crippen molar-refractivity contribution in [2.24, 2.45) is 0 Å². The predicted molar refractivity (Wildman–Crippen MR) is 34.9 cm³/mol. The Bertz CT molecular complexity index is 4.14. The van der Waals surface area contributed by atoms with Crippen molar-refractivity contribution in [2.45, 2.75) is 13.8 Å². The zero-order chi connectivity index (χ0) is 4.00. The van der Waals surface area contributed by atoms with E-state index in [2.05, 4.69) is 13.8 Å². The van der Waals surface area contributed by atoms with Crippen LogP contribution < -0.4 is 0 Å². The van der Waals surface area contributed by atoms with Crippen LogP contribution in [0.5, 0.6) is 0 Å². The van der Waals surface area contributed by atoms with E-state index < -0.39 is 0 Å². The predicted octanol–water partition coefficient (Wildman–Crippen LogP) is 2.58. The van der Waals surface area contributed by atoms with E-state index in [1.807, 2.05) is 0 Å². The van der Waals surface area contributed by atoms with Crippen molar-refractivity contribution in [3.63, 3.8) is 0 Å². The average molecular weight is 179 g/mol. The number of rotatable bonds is 0. The minimum absolute atomic E-state index is 0. The molecule has 0 unspecified atom stereocenters. The molecular formula is C6H16Zr. The molecule has 0 aromatic carbocycles. The minimum atomic E-state index is 0. The molecule has 0 saturated carbocycles. The molecule has 0 spiro atoms. The van der Waals surface area contributed by atoms with Crippen LogP contribution in [0.4, 0.5) is 0 Å². The largest absolute Gasteiger partial charge is 4.00 e. The van der Waals surface area contributed by atoms with Crippen LogP contribution >= 0.6 is 0 Å². The zero-order valence-corrected chi connectivity index (χ0v) is 8.37. The summed E-state index contributed by atoms with van der Waals surface area (Å²) in [6.45, 7) is 10.0. The summed E-state index contributed by atoms with van der Waals surface area (Å²) in [5.41, 5.74) is 0. The topological polar surface area (TPSA) is 0 Å². The van der Waals surface area contributed by atoms with E-state index in [0.29, 0.717) is 0 Å². The summed E-state index contributed by atoms with van der Waals surface area (Å²) in [7, 11) is 0. The fraction of sp³-hybridized carbons (Fsp3) is 0.333. The maximum absolute atomic E-state index is 3.25. The molecule has 1 heteroatoms. The van der Waals surface area contributed by atoms with Gasteiger partial charge in [0, 0.05) is 0 Å². The first-order valence-corrected chi connectivity index (χ1v) is 1.41. The smallest absolute Gasteiger partial charge is 0.358 e. The molecule has 0 atom stereocenters. The summed E-state index contributed by atoms with van der Waals surface area (Å²) in [5.74, 6) is 0. The van der Waals surface area contributed by atoms with Crippen LogP contribution in [0.3, 0.4) is 0 Å². The van der Waals surface area contributed by atoms with Crippen molar-refractivity contribution >= 4 is 0 Å². The summed E-state index contributed by atoms with van der Waals surface area (Å²) in [4.78, 5) is 0. The molecular weight excluding hydrogens is 163 g/mol. The number of hydrogen-bond donors (Lipinski definition) is 0. The monoisotopic (exact) mass is 178 g/mol. The molecule has 0 bridgehead atoms. The van der Waals surface area contributed by atoms with Crippen molar-refractivity contribution in [1.29, 1.82) is 0 Å². The molecule has 0 fully saturated rings. The van der Waals surface area contributed by atoms with Crippen molar-refractivity contribution < 1.29 is 26.2 Å². The van der Waals surface area contributed by atoms with Gasteiger partial charge in [-0.15, -0.1) is 0 Å². The van der Waals surface area contributed by atoms with E-state index in [9.17, 15) is 0 Å². The fourth-order valence-electron chi connectivity index (χ4n) is 0. The summed E-state index contributed by atoms with van der Waals surface area (Å²) in [6.07, 6.45) is 0. The van der Waals surface area contributed by atoms with Crippen LogP contribution in [0.1, 0.15) is 13.8 Å². The third kappa shape index (κ3) is 210. The molecule has 0 aromatic rings. The Morgan fingerprint density at radius 2 is 0.714 bits per heavy atom. The first-order chi connectivity index (χ1) is 2.00.